The molecule has 3 nitrogen and oxygen atoms in total. The Morgan fingerprint density at radius 1 is 1.08 bits per heavy atom. The van der Waals surface area contributed by atoms with Gasteiger partial charge in [-0.05, 0) is 19.2 Å². The Bertz CT molecular complexity index is 434. The predicted octanol–water partition coefficient (Wildman–Crippen LogP) is 1.37. The molecule has 13 heavy (non-hydrogen) atoms. The fourth-order valence-electron chi connectivity index (χ4n) is 1.01. The number of benzene rings is 1. The maximum absolute atomic E-state index is 10.7. The molecule has 1 heterocycles. The van der Waals surface area contributed by atoms with E-state index in [9.17, 15) is 4.79 Å². The monoisotopic (exact) mass is 177 g/mol. The van der Waals surface area contributed by atoms with E-state index in [-0.39, 0.29) is 5.63 Å². The minimum absolute atomic E-state index is 0.302. The fourth-order valence-corrected chi connectivity index (χ4v) is 1.01. The zero-order valence-electron chi connectivity index (χ0n) is 7.36. The molecule has 0 radical (unpaired) electrons. The number of hydrogen-bond donors (Lipinski definition) is 1. The van der Waals surface area contributed by atoms with E-state index in [0.717, 1.165) is 5.39 Å². The Morgan fingerprint density at radius 2 is 1.77 bits per heavy atom. The quantitative estimate of drug-likeness (QED) is 0.618. The van der Waals surface area contributed by atoms with Crippen molar-refractivity contribution in [2.45, 2.75) is 0 Å². The third-order valence-corrected chi connectivity index (χ3v) is 1.53. The molecular formula is C10H11NO2. The zero-order valence-corrected chi connectivity index (χ0v) is 7.36. The molecular weight excluding hydrogens is 166 g/mol. The molecule has 0 fully saturated rings. The van der Waals surface area contributed by atoms with E-state index in [1.54, 1.807) is 12.1 Å². The number of nitrogens with two attached hydrogens (primary N) is 1. The van der Waals surface area contributed by atoms with Gasteiger partial charge in [0.15, 0.2) is 0 Å². The standard InChI is InChI=1S/C9H6O2.CH5N/c10-9-6-5-7-3-1-2-4-8(7)11-9;1-2/h1-6H;2H2,1H3. The van der Waals surface area contributed by atoms with Gasteiger partial charge < -0.3 is 10.2 Å². The number of rotatable bonds is 0. The van der Waals surface area contributed by atoms with Crippen molar-refractivity contribution in [2.75, 3.05) is 7.05 Å². The third kappa shape index (κ3) is 2.16. The van der Waals surface area contributed by atoms with Crippen molar-refractivity contribution in [2.24, 2.45) is 5.73 Å². The third-order valence-electron chi connectivity index (χ3n) is 1.53. The van der Waals surface area contributed by atoms with Gasteiger partial charge in [-0.2, -0.15) is 0 Å². The van der Waals surface area contributed by atoms with Crippen LogP contribution in [0.2, 0.25) is 0 Å². The first-order valence-corrected chi connectivity index (χ1v) is 3.93. The molecule has 0 bridgehead atoms. The van der Waals surface area contributed by atoms with Gasteiger partial charge in [0.2, 0.25) is 0 Å². The van der Waals surface area contributed by atoms with Crippen LogP contribution in [0.3, 0.4) is 0 Å². The Morgan fingerprint density at radius 3 is 2.54 bits per heavy atom. The van der Waals surface area contributed by atoms with Crippen LogP contribution in [-0.2, 0) is 0 Å². The van der Waals surface area contributed by atoms with Crippen molar-refractivity contribution in [1.82, 2.24) is 0 Å². The Labute approximate surface area is 75.8 Å². The van der Waals surface area contributed by atoms with Crippen molar-refractivity contribution in [3.63, 3.8) is 0 Å². The summed E-state index contributed by atoms with van der Waals surface area (Å²) < 4.78 is 4.91. The fraction of sp³-hybridized carbons (Fsp3) is 0.100. The first kappa shape index (κ1) is 9.48. The molecule has 2 N–H and O–H groups in total. The van der Waals surface area contributed by atoms with Crippen LogP contribution in [0, 0.1) is 0 Å². The van der Waals surface area contributed by atoms with Crippen LogP contribution in [0.15, 0.2) is 45.6 Å². The Balaban J connectivity index is 0.000000396. The van der Waals surface area contributed by atoms with Gasteiger partial charge in [0, 0.05) is 11.5 Å². The van der Waals surface area contributed by atoms with E-state index in [1.807, 2.05) is 18.2 Å². The number of fused-ring (bicyclic) bond motifs is 1. The summed E-state index contributed by atoms with van der Waals surface area (Å²) >= 11 is 0. The highest BCUT2D eigenvalue weighted by molar-refractivity contribution is 5.75. The molecule has 0 amide bonds. The Hall–Kier alpha value is -1.61. The summed E-state index contributed by atoms with van der Waals surface area (Å²) in [5, 5.41) is 0.951. The summed E-state index contributed by atoms with van der Waals surface area (Å²) in [6, 6.07) is 10.6. The van der Waals surface area contributed by atoms with E-state index < -0.39 is 0 Å². The van der Waals surface area contributed by atoms with Crippen LogP contribution in [0.25, 0.3) is 11.0 Å². The second kappa shape index (κ2) is 4.42. The molecule has 0 aliphatic rings. The van der Waals surface area contributed by atoms with Gasteiger partial charge in [-0.25, -0.2) is 4.79 Å². The van der Waals surface area contributed by atoms with Gasteiger partial charge in [-0.1, -0.05) is 18.2 Å². The molecule has 1 aromatic carbocycles. The summed E-state index contributed by atoms with van der Waals surface area (Å²) in [6.07, 6.45) is 0. The summed E-state index contributed by atoms with van der Waals surface area (Å²) in [5.41, 5.74) is 4.84. The summed E-state index contributed by atoms with van der Waals surface area (Å²) in [7, 11) is 1.50. The van der Waals surface area contributed by atoms with Gasteiger partial charge in [0.1, 0.15) is 5.58 Å². The Kier molecular flexibility index (Phi) is 3.23. The van der Waals surface area contributed by atoms with Gasteiger partial charge in [0.05, 0.1) is 0 Å². The maximum Gasteiger partial charge on any atom is 0.336 e. The van der Waals surface area contributed by atoms with Crippen LogP contribution in [0.4, 0.5) is 0 Å². The van der Waals surface area contributed by atoms with Crippen molar-refractivity contribution in [3.8, 4) is 0 Å². The molecule has 0 aliphatic heterocycles. The average molecular weight is 177 g/mol. The second-order valence-electron chi connectivity index (χ2n) is 2.29. The van der Waals surface area contributed by atoms with Gasteiger partial charge in [0.25, 0.3) is 0 Å². The molecule has 1 aromatic heterocycles. The molecule has 0 atom stereocenters. The normalized spacial score (nSPS) is 9.08. The highest BCUT2D eigenvalue weighted by atomic mass is 16.4. The van der Waals surface area contributed by atoms with Crippen LogP contribution in [0.5, 0.6) is 0 Å². The number of hydrogen-bond acceptors (Lipinski definition) is 3. The lowest BCUT2D eigenvalue weighted by atomic mass is 10.2. The molecule has 2 aromatic rings. The highest BCUT2D eigenvalue weighted by Crippen LogP contribution is 2.08. The largest absolute Gasteiger partial charge is 0.423 e. The van der Waals surface area contributed by atoms with Crippen molar-refractivity contribution < 1.29 is 4.42 Å². The topological polar surface area (TPSA) is 56.2 Å². The lowest BCUT2D eigenvalue weighted by Crippen LogP contribution is -1.93. The molecule has 0 aliphatic carbocycles. The molecule has 68 valence electrons. The molecule has 0 saturated carbocycles. The molecule has 0 unspecified atom stereocenters. The van der Waals surface area contributed by atoms with Gasteiger partial charge >= 0.3 is 5.63 Å². The first-order chi connectivity index (χ1) is 6.36. The highest BCUT2D eigenvalue weighted by Gasteiger charge is 1.92. The smallest absolute Gasteiger partial charge is 0.336 e. The first-order valence-electron chi connectivity index (χ1n) is 3.93. The van der Waals surface area contributed by atoms with Crippen LogP contribution >= 0.6 is 0 Å². The minimum atomic E-state index is -0.302. The SMILES string of the molecule is CN.O=c1ccc2ccccc2o1. The summed E-state index contributed by atoms with van der Waals surface area (Å²) in [4.78, 5) is 10.7. The molecule has 2 rings (SSSR count). The van der Waals surface area contributed by atoms with E-state index >= 15 is 0 Å². The van der Waals surface area contributed by atoms with Crippen molar-refractivity contribution in [1.29, 1.82) is 0 Å². The van der Waals surface area contributed by atoms with Gasteiger partial charge in [-0.3, -0.25) is 0 Å². The second-order valence-corrected chi connectivity index (χ2v) is 2.29. The van der Waals surface area contributed by atoms with E-state index in [1.165, 1.54) is 13.1 Å². The van der Waals surface area contributed by atoms with Crippen molar-refractivity contribution in [3.05, 3.63) is 46.8 Å². The summed E-state index contributed by atoms with van der Waals surface area (Å²) in [6.45, 7) is 0. The van der Waals surface area contributed by atoms with E-state index in [4.69, 9.17) is 4.42 Å². The molecule has 3 heteroatoms. The molecule has 0 saturated heterocycles. The number of para-hydroxylation sites is 1. The zero-order chi connectivity index (χ0) is 9.68. The van der Waals surface area contributed by atoms with Gasteiger partial charge in [-0.15, -0.1) is 0 Å². The van der Waals surface area contributed by atoms with Crippen LogP contribution < -0.4 is 11.4 Å². The molecule has 0 spiro atoms. The van der Waals surface area contributed by atoms with Crippen LogP contribution in [-0.4, -0.2) is 7.05 Å². The summed E-state index contributed by atoms with van der Waals surface area (Å²) in [5.74, 6) is 0. The van der Waals surface area contributed by atoms with Crippen LogP contribution in [0.1, 0.15) is 0 Å². The average Bonchev–Trinajstić information content (AvgIpc) is 2.21. The van der Waals surface area contributed by atoms with E-state index in [2.05, 4.69) is 5.73 Å². The maximum atomic E-state index is 10.7. The minimum Gasteiger partial charge on any atom is -0.423 e. The van der Waals surface area contributed by atoms with Crippen molar-refractivity contribution >= 4 is 11.0 Å². The van der Waals surface area contributed by atoms with E-state index in [0.29, 0.717) is 5.58 Å². The lowest BCUT2D eigenvalue weighted by molar-refractivity contribution is 0.561. The lowest BCUT2D eigenvalue weighted by Gasteiger charge is -1.91. The predicted molar refractivity (Wildman–Crippen MR) is 52.6 cm³/mol.